The SMILES string of the molecule is C[C@@H](Oc1cc(-c2cnn(C3CCN(CC4CCN(c5ccc(NC6CCC(=O)NC6=O)cc5)CC4)CC3)c2)cnc1N)c1cc(F)ccc1-n1nccn1. The van der Waals surface area contributed by atoms with Gasteiger partial charge in [-0.05, 0) is 93.5 Å². The largest absolute Gasteiger partial charge is 0.482 e. The lowest BCUT2D eigenvalue weighted by atomic mass is 9.94. The van der Waals surface area contributed by atoms with E-state index in [-0.39, 0.29) is 29.5 Å². The number of likely N-dealkylation sites (tertiary alicyclic amines) is 1. The molecule has 1 unspecified atom stereocenters. The Balaban J connectivity index is 0.812. The van der Waals surface area contributed by atoms with Gasteiger partial charge < -0.3 is 25.6 Å². The zero-order chi connectivity index (χ0) is 37.9. The maximum Gasteiger partial charge on any atom is 0.249 e. The van der Waals surface area contributed by atoms with Crippen LogP contribution in [-0.4, -0.2) is 85.2 Å². The maximum absolute atomic E-state index is 14.3. The van der Waals surface area contributed by atoms with E-state index < -0.39 is 6.10 Å². The normalized spacial score (nSPS) is 19.3. The van der Waals surface area contributed by atoms with Crippen molar-refractivity contribution in [1.29, 1.82) is 0 Å². The minimum atomic E-state index is -0.563. The molecule has 3 saturated heterocycles. The summed E-state index contributed by atoms with van der Waals surface area (Å²) in [5.41, 5.74) is 11.3. The van der Waals surface area contributed by atoms with Crippen LogP contribution in [0.1, 0.15) is 63.2 Å². The molecule has 5 aromatic rings. The van der Waals surface area contributed by atoms with Gasteiger partial charge in [0.25, 0.3) is 0 Å². The van der Waals surface area contributed by atoms with Crippen LogP contribution in [0, 0.1) is 11.7 Å². The van der Waals surface area contributed by atoms with Gasteiger partial charge in [-0.2, -0.15) is 20.1 Å². The van der Waals surface area contributed by atoms with Gasteiger partial charge in [0.05, 0.1) is 30.3 Å². The lowest BCUT2D eigenvalue weighted by Gasteiger charge is -2.38. The molecular formula is C40H46FN11O3. The van der Waals surface area contributed by atoms with E-state index in [9.17, 15) is 14.0 Å². The summed E-state index contributed by atoms with van der Waals surface area (Å²) in [6.07, 6.45) is 13.5. The van der Waals surface area contributed by atoms with E-state index in [2.05, 4.69) is 58.6 Å². The number of hydrogen-bond acceptors (Lipinski definition) is 11. The number of benzene rings is 2. The highest BCUT2D eigenvalue weighted by Crippen LogP contribution is 2.34. The Morgan fingerprint density at radius 1 is 0.927 bits per heavy atom. The van der Waals surface area contributed by atoms with E-state index >= 15 is 0 Å². The van der Waals surface area contributed by atoms with Crippen molar-refractivity contribution in [3.8, 4) is 22.6 Å². The number of carbonyl (C=O) groups is 2. The standard InChI is InChI=1S/C40H46FN11O3/c1-26(34-21-30(41)2-8-36(34)52-44-14-15-45-52)55-37-20-28(22-43-39(37)42)29-23-46-51(25-29)33-12-16-49(17-13-33)24-27-10-18-50(19-11-27)32-5-3-31(4-6-32)47-35-7-9-38(53)48-40(35)54/h2-6,8,14-15,20-23,25-27,33,35,47H,7,9-13,16-19,24H2,1H3,(H2,42,43)(H,48,53,54)/t26-,35?/m1/s1. The number of hydrogen-bond donors (Lipinski definition) is 3. The number of aromatic nitrogens is 6. The Hall–Kier alpha value is -5.83. The summed E-state index contributed by atoms with van der Waals surface area (Å²) in [7, 11) is 0. The van der Waals surface area contributed by atoms with E-state index in [1.54, 1.807) is 24.7 Å². The van der Waals surface area contributed by atoms with Gasteiger partial charge in [-0.15, -0.1) is 0 Å². The molecule has 8 rings (SSSR count). The summed E-state index contributed by atoms with van der Waals surface area (Å²) in [6, 6.07) is 14.5. The molecule has 14 nitrogen and oxygen atoms in total. The number of nitrogens with zero attached hydrogens (tertiary/aromatic N) is 8. The molecule has 3 aromatic heterocycles. The van der Waals surface area contributed by atoms with Crippen LogP contribution >= 0.6 is 0 Å². The van der Waals surface area contributed by atoms with E-state index in [1.807, 2.05) is 31.3 Å². The number of imide groups is 1. The molecule has 0 aliphatic carbocycles. The molecule has 0 spiro atoms. The Labute approximate surface area is 318 Å². The van der Waals surface area contributed by atoms with Crippen molar-refractivity contribution in [2.24, 2.45) is 5.92 Å². The molecule has 3 fully saturated rings. The molecule has 0 bridgehead atoms. The number of rotatable bonds is 11. The molecule has 3 aliphatic heterocycles. The van der Waals surface area contributed by atoms with Crippen molar-refractivity contribution >= 4 is 29.0 Å². The highest BCUT2D eigenvalue weighted by molar-refractivity contribution is 6.01. The minimum absolute atomic E-state index is 0.206. The summed E-state index contributed by atoms with van der Waals surface area (Å²) in [6.45, 7) is 7.07. The van der Waals surface area contributed by atoms with Gasteiger partial charge in [-0.25, -0.2) is 9.37 Å². The molecule has 4 N–H and O–H groups in total. The third kappa shape index (κ3) is 8.31. The van der Waals surface area contributed by atoms with Crippen molar-refractivity contribution in [1.82, 2.24) is 40.0 Å². The molecule has 2 aromatic carbocycles. The summed E-state index contributed by atoms with van der Waals surface area (Å²) in [4.78, 5) is 34.5. The second-order valence-corrected chi connectivity index (χ2v) is 14.8. The minimum Gasteiger partial charge on any atom is -0.482 e. The summed E-state index contributed by atoms with van der Waals surface area (Å²) < 4.78 is 22.6. The molecule has 0 saturated carbocycles. The summed E-state index contributed by atoms with van der Waals surface area (Å²) in [5, 5.41) is 18.8. The molecule has 0 radical (unpaired) electrons. The molecule has 6 heterocycles. The van der Waals surface area contributed by atoms with Gasteiger partial charge in [0.2, 0.25) is 11.8 Å². The third-order valence-corrected chi connectivity index (χ3v) is 11.1. The smallest absolute Gasteiger partial charge is 0.249 e. The lowest BCUT2D eigenvalue weighted by Crippen LogP contribution is -2.47. The Kier molecular flexibility index (Phi) is 10.4. The molecule has 15 heteroatoms. The van der Waals surface area contributed by atoms with Crippen LogP contribution in [0.15, 0.2) is 79.5 Å². The van der Waals surface area contributed by atoms with Crippen LogP contribution in [0.5, 0.6) is 5.75 Å². The first kappa shape index (κ1) is 36.2. The number of pyridine rings is 1. The molecule has 3 aliphatic rings. The number of amides is 2. The lowest BCUT2D eigenvalue weighted by molar-refractivity contribution is -0.133. The third-order valence-electron chi connectivity index (χ3n) is 11.1. The average molecular weight is 748 g/mol. The van der Waals surface area contributed by atoms with E-state index in [0.717, 1.165) is 75.2 Å². The first-order valence-electron chi connectivity index (χ1n) is 19.1. The van der Waals surface area contributed by atoms with Crippen LogP contribution in [-0.2, 0) is 9.59 Å². The average Bonchev–Trinajstić information content (AvgIpc) is 3.92. The molecule has 286 valence electrons. The van der Waals surface area contributed by atoms with Crippen LogP contribution in [0.25, 0.3) is 16.8 Å². The van der Waals surface area contributed by atoms with Crippen molar-refractivity contribution in [2.45, 2.75) is 63.6 Å². The first-order valence-corrected chi connectivity index (χ1v) is 19.1. The highest BCUT2D eigenvalue weighted by Gasteiger charge is 2.28. The fourth-order valence-corrected chi connectivity index (χ4v) is 7.93. The van der Waals surface area contributed by atoms with Crippen LogP contribution in [0.2, 0.25) is 0 Å². The zero-order valence-electron chi connectivity index (χ0n) is 30.9. The summed E-state index contributed by atoms with van der Waals surface area (Å²) >= 11 is 0. The Morgan fingerprint density at radius 3 is 2.44 bits per heavy atom. The first-order chi connectivity index (χ1) is 26.8. The predicted octanol–water partition coefficient (Wildman–Crippen LogP) is 5.16. The van der Waals surface area contributed by atoms with Gasteiger partial charge in [0.15, 0.2) is 11.6 Å². The van der Waals surface area contributed by atoms with E-state index in [0.29, 0.717) is 41.8 Å². The van der Waals surface area contributed by atoms with Gasteiger partial charge in [0.1, 0.15) is 18.0 Å². The fourth-order valence-electron chi connectivity index (χ4n) is 7.93. The monoisotopic (exact) mass is 747 g/mol. The number of carbonyl (C=O) groups excluding carboxylic acids is 2. The number of nitrogens with one attached hydrogen (secondary N) is 2. The van der Waals surface area contributed by atoms with Gasteiger partial charge in [0, 0.05) is 79.6 Å². The van der Waals surface area contributed by atoms with Crippen LogP contribution in [0.4, 0.5) is 21.6 Å². The molecule has 2 amide bonds. The Morgan fingerprint density at radius 2 is 1.69 bits per heavy atom. The van der Waals surface area contributed by atoms with Crippen LogP contribution in [0.3, 0.4) is 0 Å². The van der Waals surface area contributed by atoms with Gasteiger partial charge in [-0.1, -0.05) is 0 Å². The van der Waals surface area contributed by atoms with Gasteiger partial charge >= 0.3 is 0 Å². The maximum atomic E-state index is 14.3. The Bertz CT molecular complexity index is 2110. The number of nitrogens with two attached hydrogens (primary N) is 1. The van der Waals surface area contributed by atoms with Crippen molar-refractivity contribution in [3.05, 3.63) is 90.9 Å². The van der Waals surface area contributed by atoms with Crippen molar-refractivity contribution in [3.63, 3.8) is 0 Å². The van der Waals surface area contributed by atoms with Gasteiger partial charge in [-0.3, -0.25) is 19.6 Å². The number of anilines is 3. The second-order valence-electron chi connectivity index (χ2n) is 14.8. The molecule has 55 heavy (non-hydrogen) atoms. The van der Waals surface area contributed by atoms with E-state index in [4.69, 9.17) is 15.6 Å². The zero-order valence-corrected chi connectivity index (χ0v) is 30.9. The quantitative estimate of drug-likeness (QED) is 0.153. The van der Waals surface area contributed by atoms with E-state index in [1.165, 1.54) is 22.6 Å². The summed E-state index contributed by atoms with van der Waals surface area (Å²) in [5.74, 6) is 0.464. The topological polar surface area (TPSA) is 161 Å². The second kappa shape index (κ2) is 15.9. The number of halogens is 1. The number of nitrogen functional groups attached to an aromatic ring is 1. The van der Waals surface area contributed by atoms with Crippen molar-refractivity contribution < 1.29 is 18.7 Å². The number of ether oxygens (including phenoxy) is 1. The number of piperidine rings is 3. The highest BCUT2D eigenvalue weighted by atomic mass is 19.1. The van der Waals surface area contributed by atoms with Crippen molar-refractivity contribution in [2.75, 3.05) is 48.7 Å². The van der Waals surface area contributed by atoms with Crippen LogP contribution < -0.4 is 26.0 Å². The predicted molar refractivity (Wildman–Crippen MR) is 206 cm³/mol. The molecule has 2 atom stereocenters. The fraction of sp³-hybridized carbons (Fsp3) is 0.400. The molecular weight excluding hydrogens is 702 g/mol.